The second kappa shape index (κ2) is 4.92. The van der Waals surface area contributed by atoms with Crippen LogP contribution in [0.3, 0.4) is 0 Å². The van der Waals surface area contributed by atoms with E-state index in [1.165, 1.54) is 6.20 Å². The molecule has 0 unspecified atom stereocenters. The van der Waals surface area contributed by atoms with Crippen molar-refractivity contribution < 1.29 is 9.50 Å². The van der Waals surface area contributed by atoms with Crippen molar-refractivity contribution in [2.75, 3.05) is 0 Å². The van der Waals surface area contributed by atoms with Crippen LogP contribution < -0.4 is 0 Å². The molecule has 0 bridgehead atoms. The summed E-state index contributed by atoms with van der Waals surface area (Å²) in [5.74, 6) is -0.427. The Morgan fingerprint density at radius 2 is 1.69 bits per heavy atom. The molecule has 1 aromatic carbocycles. The molecule has 16 heavy (non-hydrogen) atoms. The van der Waals surface area contributed by atoms with Crippen molar-refractivity contribution in [2.45, 2.75) is 27.7 Å². The highest BCUT2D eigenvalue weighted by molar-refractivity contribution is 5.92. The van der Waals surface area contributed by atoms with E-state index in [0.29, 0.717) is 10.8 Å². The number of aryl methyl sites for hydroxylation is 2. The number of pyridine rings is 1. The monoisotopic (exact) mass is 221 g/mol. The molecule has 1 aromatic heterocycles. The zero-order valence-electron chi connectivity index (χ0n) is 10.0. The van der Waals surface area contributed by atoms with Gasteiger partial charge in [0.25, 0.3) is 0 Å². The summed E-state index contributed by atoms with van der Waals surface area (Å²) in [4.78, 5) is 3.63. The van der Waals surface area contributed by atoms with Crippen molar-refractivity contribution in [3.05, 3.63) is 35.4 Å². The van der Waals surface area contributed by atoms with Gasteiger partial charge in [0.2, 0.25) is 5.95 Å². The molecule has 0 atom stereocenters. The molecule has 0 aliphatic heterocycles. The average Bonchev–Trinajstić information content (AvgIpc) is 2.30. The fourth-order valence-corrected chi connectivity index (χ4v) is 1.64. The van der Waals surface area contributed by atoms with Crippen LogP contribution in [0.2, 0.25) is 0 Å². The molecular formula is C13H16FNO. The predicted octanol–water partition coefficient (Wildman–Crippen LogP) is 3.72. The summed E-state index contributed by atoms with van der Waals surface area (Å²) in [6, 6.07) is 3.26. The number of aromatic nitrogens is 1. The summed E-state index contributed by atoms with van der Waals surface area (Å²) in [7, 11) is 0. The van der Waals surface area contributed by atoms with Gasteiger partial charge in [0.1, 0.15) is 5.75 Å². The van der Waals surface area contributed by atoms with Crippen molar-refractivity contribution in [1.29, 1.82) is 0 Å². The standard InChI is InChI=1S/C11H10FNO.C2H6/c1-6-3-4-8(14)9-7(2)5-13-11(12)10(6)9;1-2/h3-5,14H,1-2H3;1-2H3. The third-order valence-electron chi connectivity index (χ3n) is 2.36. The van der Waals surface area contributed by atoms with Gasteiger partial charge < -0.3 is 5.11 Å². The van der Waals surface area contributed by atoms with E-state index in [-0.39, 0.29) is 5.75 Å². The van der Waals surface area contributed by atoms with Gasteiger partial charge in [-0.15, -0.1) is 0 Å². The molecule has 86 valence electrons. The van der Waals surface area contributed by atoms with E-state index < -0.39 is 5.95 Å². The second-order valence-electron chi connectivity index (χ2n) is 3.38. The fraction of sp³-hybridized carbons (Fsp3) is 0.308. The molecule has 1 heterocycles. The van der Waals surface area contributed by atoms with E-state index in [2.05, 4.69) is 4.98 Å². The van der Waals surface area contributed by atoms with Gasteiger partial charge in [-0.1, -0.05) is 19.9 Å². The van der Waals surface area contributed by atoms with Crippen LogP contribution in [0, 0.1) is 19.8 Å². The van der Waals surface area contributed by atoms with E-state index in [0.717, 1.165) is 11.1 Å². The molecule has 2 aromatic rings. The second-order valence-corrected chi connectivity index (χ2v) is 3.38. The van der Waals surface area contributed by atoms with Gasteiger partial charge >= 0.3 is 0 Å². The third-order valence-corrected chi connectivity index (χ3v) is 2.36. The normalized spacial score (nSPS) is 9.81. The molecule has 3 heteroatoms. The number of benzene rings is 1. The molecule has 0 saturated heterocycles. The molecule has 0 fully saturated rings. The van der Waals surface area contributed by atoms with Crippen LogP contribution in [0.1, 0.15) is 25.0 Å². The Balaban J connectivity index is 0.000000606. The van der Waals surface area contributed by atoms with Gasteiger partial charge in [-0.25, -0.2) is 4.98 Å². The van der Waals surface area contributed by atoms with Gasteiger partial charge in [0, 0.05) is 17.0 Å². The lowest BCUT2D eigenvalue weighted by Gasteiger charge is -2.07. The van der Waals surface area contributed by atoms with Crippen molar-refractivity contribution in [2.24, 2.45) is 0 Å². The van der Waals surface area contributed by atoms with Crippen molar-refractivity contribution >= 4 is 10.8 Å². The van der Waals surface area contributed by atoms with Crippen LogP contribution in [0.15, 0.2) is 18.3 Å². The Labute approximate surface area is 94.8 Å². The Kier molecular flexibility index (Phi) is 3.82. The number of hydrogen-bond donors (Lipinski definition) is 1. The highest BCUT2D eigenvalue weighted by atomic mass is 19.1. The minimum Gasteiger partial charge on any atom is -0.507 e. The van der Waals surface area contributed by atoms with Crippen molar-refractivity contribution in [3.8, 4) is 5.75 Å². The van der Waals surface area contributed by atoms with Crippen LogP contribution in [0.5, 0.6) is 5.75 Å². The van der Waals surface area contributed by atoms with Crippen LogP contribution in [-0.4, -0.2) is 10.1 Å². The number of fused-ring (bicyclic) bond motifs is 1. The molecule has 0 aliphatic rings. The van der Waals surface area contributed by atoms with Crippen LogP contribution in [0.25, 0.3) is 10.8 Å². The Bertz CT molecular complexity index is 419. The molecule has 2 nitrogen and oxygen atoms in total. The lowest BCUT2D eigenvalue weighted by atomic mass is 10.0. The van der Waals surface area contributed by atoms with Crippen molar-refractivity contribution in [1.82, 2.24) is 4.98 Å². The van der Waals surface area contributed by atoms with Gasteiger partial charge in [-0.3, -0.25) is 0 Å². The van der Waals surface area contributed by atoms with Gasteiger partial charge in [-0.05, 0) is 31.0 Å². The van der Waals surface area contributed by atoms with Crippen molar-refractivity contribution in [3.63, 3.8) is 0 Å². The van der Waals surface area contributed by atoms with Crippen LogP contribution >= 0.6 is 0 Å². The molecule has 0 saturated carbocycles. The zero-order valence-corrected chi connectivity index (χ0v) is 10.0. The highest BCUT2D eigenvalue weighted by Crippen LogP contribution is 2.30. The first-order chi connectivity index (χ1) is 7.61. The van der Waals surface area contributed by atoms with E-state index in [4.69, 9.17) is 0 Å². The predicted molar refractivity (Wildman–Crippen MR) is 64.2 cm³/mol. The fourth-order valence-electron chi connectivity index (χ4n) is 1.64. The quantitative estimate of drug-likeness (QED) is 0.688. The Morgan fingerprint density at radius 1 is 1.06 bits per heavy atom. The number of hydrogen-bond acceptors (Lipinski definition) is 2. The molecule has 0 radical (unpaired) electrons. The summed E-state index contributed by atoms with van der Waals surface area (Å²) >= 11 is 0. The zero-order chi connectivity index (χ0) is 12.3. The summed E-state index contributed by atoms with van der Waals surface area (Å²) in [6.45, 7) is 7.60. The summed E-state index contributed by atoms with van der Waals surface area (Å²) in [6.07, 6.45) is 1.43. The summed E-state index contributed by atoms with van der Waals surface area (Å²) < 4.78 is 13.4. The molecule has 0 spiro atoms. The number of nitrogens with zero attached hydrogens (tertiary/aromatic N) is 1. The van der Waals surface area contributed by atoms with Gasteiger partial charge in [-0.2, -0.15) is 4.39 Å². The average molecular weight is 221 g/mol. The van der Waals surface area contributed by atoms with E-state index in [1.54, 1.807) is 26.0 Å². The lowest BCUT2D eigenvalue weighted by Crippen LogP contribution is -1.91. The number of phenols is 1. The Hall–Kier alpha value is -1.64. The van der Waals surface area contributed by atoms with Crippen LogP contribution in [0.4, 0.5) is 4.39 Å². The first-order valence-electron chi connectivity index (χ1n) is 5.34. The molecule has 0 amide bonds. The molecule has 1 N–H and O–H groups in total. The minimum atomic E-state index is -0.529. The molecular weight excluding hydrogens is 205 g/mol. The number of phenolic OH excluding ortho intramolecular Hbond substituents is 1. The largest absolute Gasteiger partial charge is 0.507 e. The summed E-state index contributed by atoms with van der Waals surface area (Å²) in [5, 5.41) is 10.6. The minimum absolute atomic E-state index is 0.101. The van der Waals surface area contributed by atoms with Crippen LogP contribution in [-0.2, 0) is 0 Å². The van der Waals surface area contributed by atoms with E-state index in [9.17, 15) is 9.50 Å². The van der Waals surface area contributed by atoms with Gasteiger partial charge in [0.15, 0.2) is 0 Å². The first-order valence-corrected chi connectivity index (χ1v) is 5.34. The molecule has 0 aliphatic carbocycles. The highest BCUT2D eigenvalue weighted by Gasteiger charge is 2.10. The third kappa shape index (κ3) is 1.98. The SMILES string of the molecule is CC.Cc1cnc(F)c2c(C)ccc(O)c12. The number of rotatable bonds is 0. The Morgan fingerprint density at radius 3 is 2.25 bits per heavy atom. The van der Waals surface area contributed by atoms with E-state index >= 15 is 0 Å². The topological polar surface area (TPSA) is 33.1 Å². The number of aromatic hydroxyl groups is 1. The lowest BCUT2D eigenvalue weighted by molar-refractivity contribution is 0.480. The summed E-state index contributed by atoms with van der Waals surface area (Å²) in [5.41, 5.74) is 1.56. The molecule has 2 rings (SSSR count). The number of halogens is 1. The van der Waals surface area contributed by atoms with E-state index in [1.807, 2.05) is 13.8 Å². The maximum Gasteiger partial charge on any atom is 0.221 e. The maximum atomic E-state index is 13.4. The maximum absolute atomic E-state index is 13.4. The smallest absolute Gasteiger partial charge is 0.221 e. The first kappa shape index (κ1) is 12.4. The van der Waals surface area contributed by atoms with Gasteiger partial charge in [0.05, 0.1) is 0 Å².